The average molecular weight is 322 g/mol. The largest absolute Gasteiger partial charge is 0.480 e. The molecule has 0 aromatic carbocycles. The number of unbranched alkanes of at least 4 members (excludes halogenated alkanes) is 3. The maximum atomic E-state index is 11.1. The van der Waals surface area contributed by atoms with Crippen molar-refractivity contribution in [1.29, 1.82) is 0 Å². The molecule has 1 aromatic rings. The molecular weight excluding hydrogens is 292 g/mol. The van der Waals surface area contributed by atoms with E-state index in [1.165, 1.54) is 25.7 Å². The second kappa shape index (κ2) is 9.63. The van der Waals surface area contributed by atoms with Gasteiger partial charge in [-0.15, -0.1) is 0 Å². The van der Waals surface area contributed by atoms with Gasteiger partial charge in [-0.1, -0.05) is 45.6 Å². The average Bonchev–Trinajstić information content (AvgIpc) is 2.56. The van der Waals surface area contributed by atoms with Crippen molar-refractivity contribution in [3.8, 4) is 0 Å². The van der Waals surface area contributed by atoms with Crippen LogP contribution in [0.1, 0.15) is 69.5 Å². The Balaban J connectivity index is 2.51. The number of carbonyl (C=O) groups is 1. The molecule has 0 aliphatic carbocycles. The first-order chi connectivity index (χ1) is 10.9. The number of hydrogen-bond donors (Lipinski definition) is 3. The highest BCUT2D eigenvalue weighted by atomic mass is 16.4. The van der Waals surface area contributed by atoms with Crippen molar-refractivity contribution < 1.29 is 15.0 Å². The summed E-state index contributed by atoms with van der Waals surface area (Å²) in [6.07, 6.45) is 8.63. The lowest BCUT2D eigenvalue weighted by Crippen LogP contribution is -2.51. The standard InChI is InChI=1S/C18H30N2O3/c1-3-4-5-6-7-14(2)16-9-8-15(12-20-16)10-11-18(19,13-21)17(22)23/h8-9,12,14,21H,3-7,10-11,13,19H2,1-2H3,(H,22,23). The molecule has 130 valence electrons. The van der Waals surface area contributed by atoms with Crippen LogP contribution in [0.4, 0.5) is 0 Å². The minimum atomic E-state index is -1.58. The summed E-state index contributed by atoms with van der Waals surface area (Å²) >= 11 is 0. The lowest BCUT2D eigenvalue weighted by Gasteiger charge is -2.21. The van der Waals surface area contributed by atoms with Gasteiger partial charge >= 0.3 is 5.97 Å². The summed E-state index contributed by atoms with van der Waals surface area (Å²) in [5.74, 6) is -0.740. The number of aliphatic hydroxyl groups excluding tert-OH is 1. The minimum absolute atomic E-state index is 0.187. The van der Waals surface area contributed by atoms with Gasteiger partial charge < -0.3 is 15.9 Å². The normalized spacial score (nSPS) is 15.1. The zero-order valence-electron chi connectivity index (χ0n) is 14.3. The smallest absolute Gasteiger partial charge is 0.326 e. The van der Waals surface area contributed by atoms with Crippen molar-refractivity contribution in [2.45, 2.75) is 70.3 Å². The molecule has 5 heteroatoms. The topological polar surface area (TPSA) is 96.4 Å². The second-order valence-corrected chi connectivity index (χ2v) is 6.46. The van der Waals surface area contributed by atoms with Gasteiger partial charge in [0.05, 0.1) is 6.61 Å². The number of aliphatic carboxylic acids is 1. The quantitative estimate of drug-likeness (QED) is 0.544. The molecule has 1 rings (SSSR count). The molecule has 0 radical (unpaired) electrons. The van der Waals surface area contributed by atoms with E-state index in [1.807, 2.05) is 12.1 Å². The lowest BCUT2D eigenvalue weighted by atomic mass is 9.93. The first-order valence-corrected chi connectivity index (χ1v) is 8.51. The number of hydrogen-bond acceptors (Lipinski definition) is 4. The number of nitrogens with two attached hydrogens (primary N) is 1. The Hall–Kier alpha value is -1.46. The van der Waals surface area contributed by atoms with Crippen molar-refractivity contribution in [3.05, 3.63) is 29.6 Å². The van der Waals surface area contributed by atoms with Gasteiger partial charge in [0, 0.05) is 11.9 Å². The van der Waals surface area contributed by atoms with Crippen LogP contribution in [0.2, 0.25) is 0 Å². The molecule has 1 heterocycles. The predicted molar refractivity (Wildman–Crippen MR) is 91.4 cm³/mol. The third-order valence-electron chi connectivity index (χ3n) is 4.41. The molecular formula is C18H30N2O3. The summed E-state index contributed by atoms with van der Waals surface area (Å²) < 4.78 is 0. The van der Waals surface area contributed by atoms with Crippen molar-refractivity contribution >= 4 is 5.97 Å². The van der Waals surface area contributed by atoms with Crippen molar-refractivity contribution in [3.63, 3.8) is 0 Å². The highest BCUT2D eigenvalue weighted by Crippen LogP contribution is 2.21. The van der Waals surface area contributed by atoms with Crippen LogP contribution in [-0.2, 0) is 11.2 Å². The van der Waals surface area contributed by atoms with Crippen LogP contribution < -0.4 is 5.73 Å². The molecule has 2 unspecified atom stereocenters. The van der Waals surface area contributed by atoms with Crippen molar-refractivity contribution in [2.75, 3.05) is 6.61 Å². The van der Waals surface area contributed by atoms with Gasteiger partial charge in [-0.2, -0.15) is 0 Å². The molecule has 5 nitrogen and oxygen atoms in total. The number of carboxylic acid groups (broad SMARTS) is 1. The Morgan fingerprint density at radius 3 is 2.61 bits per heavy atom. The Kier molecular flexibility index (Phi) is 8.20. The van der Waals surface area contributed by atoms with E-state index < -0.39 is 18.1 Å². The zero-order valence-corrected chi connectivity index (χ0v) is 14.3. The Bertz CT molecular complexity index is 476. The number of pyridine rings is 1. The fourth-order valence-electron chi connectivity index (χ4n) is 2.52. The molecule has 4 N–H and O–H groups in total. The van der Waals surface area contributed by atoms with Gasteiger partial charge in [-0.3, -0.25) is 9.78 Å². The monoisotopic (exact) mass is 322 g/mol. The highest BCUT2D eigenvalue weighted by molar-refractivity contribution is 5.78. The predicted octanol–water partition coefficient (Wildman–Crippen LogP) is 2.86. The van der Waals surface area contributed by atoms with Crippen LogP contribution in [0.3, 0.4) is 0 Å². The van der Waals surface area contributed by atoms with E-state index in [2.05, 4.69) is 18.8 Å². The van der Waals surface area contributed by atoms with Crippen LogP contribution in [0.25, 0.3) is 0 Å². The number of aryl methyl sites for hydroxylation is 1. The Morgan fingerprint density at radius 1 is 1.35 bits per heavy atom. The number of nitrogens with zero attached hydrogens (tertiary/aromatic N) is 1. The molecule has 0 amide bonds. The molecule has 0 saturated carbocycles. The maximum absolute atomic E-state index is 11.1. The van der Waals surface area contributed by atoms with Crippen molar-refractivity contribution in [2.24, 2.45) is 5.73 Å². The molecule has 0 aliphatic rings. The first-order valence-electron chi connectivity index (χ1n) is 8.51. The fourth-order valence-corrected chi connectivity index (χ4v) is 2.52. The summed E-state index contributed by atoms with van der Waals surface area (Å²) in [6.45, 7) is 3.83. The highest BCUT2D eigenvalue weighted by Gasteiger charge is 2.32. The lowest BCUT2D eigenvalue weighted by molar-refractivity contribution is -0.145. The van der Waals surface area contributed by atoms with E-state index in [0.29, 0.717) is 12.3 Å². The summed E-state index contributed by atoms with van der Waals surface area (Å²) in [5, 5.41) is 18.2. The molecule has 0 aliphatic heterocycles. The zero-order chi connectivity index (χ0) is 17.3. The molecule has 23 heavy (non-hydrogen) atoms. The Labute approximate surface area is 138 Å². The first kappa shape index (κ1) is 19.6. The molecule has 2 atom stereocenters. The van der Waals surface area contributed by atoms with E-state index in [-0.39, 0.29) is 6.42 Å². The van der Waals surface area contributed by atoms with Crippen LogP contribution in [0.15, 0.2) is 18.3 Å². The van der Waals surface area contributed by atoms with E-state index in [4.69, 9.17) is 15.9 Å². The van der Waals surface area contributed by atoms with Gasteiger partial charge in [0.2, 0.25) is 0 Å². The molecule has 0 bridgehead atoms. The third-order valence-corrected chi connectivity index (χ3v) is 4.41. The van der Waals surface area contributed by atoms with Gasteiger partial charge in [-0.05, 0) is 36.8 Å². The molecule has 0 saturated heterocycles. The van der Waals surface area contributed by atoms with Crippen LogP contribution >= 0.6 is 0 Å². The number of carboxylic acids is 1. The van der Waals surface area contributed by atoms with E-state index >= 15 is 0 Å². The van der Waals surface area contributed by atoms with E-state index in [1.54, 1.807) is 6.20 Å². The minimum Gasteiger partial charge on any atom is -0.480 e. The molecule has 1 aromatic heterocycles. The third kappa shape index (κ3) is 6.28. The summed E-state index contributed by atoms with van der Waals surface area (Å²) in [5.41, 5.74) is 6.11. The fraction of sp³-hybridized carbons (Fsp3) is 0.667. The van der Waals surface area contributed by atoms with Gasteiger partial charge in [0.15, 0.2) is 0 Å². The van der Waals surface area contributed by atoms with Gasteiger partial charge in [0.1, 0.15) is 5.54 Å². The Morgan fingerprint density at radius 2 is 2.09 bits per heavy atom. The SMILES string of the molecule is CCCCCCC(C)c1ccc(CCC(N)(CO)C(=O)O)cn1. The van der Waals surface area contributed by atoms with Gasteiger partial charge in [0.25, 0.3) is 0 Å². The van der Waals surface area contributed by atoms with Crippen molar-refractivity contribution in [1.82, 2.24) is 4.98 Å². The van der Waals surface area contributed by atoms with E-state index in [9.17, 15) is 4.79 Å². The van der Waals surface area contributed by atoms with E-state index in [0.717, 1.165) is 17.7 Å². The number of aromatic nitrogens is 1. The molecule has 0 fully saturated rings. The summed E-state index contributed by atoms with van der Waals surface area (Å²) in [4.78, 5) is 15.6. The number of aliphatic hydroxyl groups is 1. The van der Waals surface area contributed by atoms with Crippen LogP contribution in [-0.4, -0.2) is 33.3 Å². The van der Waals surface area contributed by atoms with Gasteiger partial charge in [-0.25, -0.2) is 0 Å². The summed E-state index contributed by atoms with van der Waals surface area (Å²) in [7, 11) is 0. The summed E-state index contributed by atoms with van der Waals surface area (Å²) in [6, 6.07) is 3.99. The molecule has 0 spiro atoms. The second-order valence-electron chi connectivity index (χ2n) is 6.46. The van der Waals surface area contributed by atoms with Crippen LogP contribution in [0.5, 0.6) is 0 Å². The maximum Gasteiger partial charge on any atom is 0.326 e. The number of rotatable bonds is 11. The van der Waals surface area contributed by atoms with Crippen LogP contribution in [0, 0.1) is 0 Å².